The van der Waals surface area contributed by atoms with E-state index in [1.807, 2.05) is 6.92 Å². The van der Waals surface area contributed by atoms with E-state index in [1.54, 1.807) is 0 Å². The summed E-state index contributed by atoms with van der Waals surface area (Å²) in [5, 5.41) is -0.191. The third-order valence-corrected chi connectivity index (χ3v) is 5.64. The molecule has 1 aromatic rings. The van der Waals surface area contributed by atoms with Crippen LogP contribution in [0.3, 0.4) is 0 Å². The average molecular weight is 343 g/mol. The quantitative estimate of drug-likeness (QED) is 0.916. The molecule has 114 valence electrons. The minimum Gasteiger partial charge on any atom is -0.328 e. The highest BCUT2D eigenvalue weighted by atomic mass is 35.5. The highest BCUT2D eigenvalue weighted by Gasteiger charge is 2.35. The summed E-state index contributed by atoms with van der Waals surface area (Å²) in [5.41, 5.74) is 5.78. The summed E-state index contributed by atoms with van der Waals surface area (Å²) in [5.74, 6) is -0.787. The second kappa shape index (κ2) is 6.58. The van der Waals surface area contributed by atoms with Gasteiger partial charge >= 0.3 is 0 Å². The Morgan fingerprint density at radius 2 is 2.15 bits per heavy atom. The first-order valence-corrected chi connectivity index (χ1v) is 7.85. The zero-order valence-electron chi connectivity index (χ0n) is 10.9. The van der Waals surface area contributed by atoms with E-state index in [2.05, 4.69) is 0 Å². The molecule has 8 heteroatoms. The first-order valence-electron chi connectivity index (χ1n) is 6.03. The molecule has 1 aromatic carbocycles. The van der Waals surface area contributed by atoms with Gasteiger partial charge in [-0.3, -0.25) is 0 Å². The Labute approximate surface area is 129 Å². The molecular formula is C12H17Cl2FN2O2S. The predicted molar refractivity (Wildman–Crippen MR) is 79.2 cm³/mol. The van der Waals surface area contributed by atoms with E-state index in [-0.39, 0.29) is 34.3 Å². The highest BCUT2D eigenvalue weighted by molar-refractivity contribution is 7.89. The van der Waals surface area contributed by atoms with Gasteiger partial charge in [0, 0.05) is 19.1 Å². The third-order valence-electron chi connectivity index (χ3n) is 3.46. The lowest BCUT2D eigenvalue weighted by atomic mass is 10.0. The molecule has 2 atom stereocenters. The number of hydrogen-bond acceptors (Lipinski definition) is 3. The lowest BCUT2D eigenvalue weighted by Gasteiger charge is -2.18. The molecule has 0 bridgehead atoms. The van der Waals surface area contributed by atoms with Gasteiger partial charge in [0.2, 0.25) is 10.0 Å². The largest absolute Gasteiger partial charge is 0.328 e. The number of hydrogen-bond donors (Lipinski definition) is 1. The molecule has 0 saturated carbocycles. The zero-order valence-corrected chi connectivity index (χ0v) is 13.3. The molecule has 2 unspecified atom stereocenters. The van der Waals surface area contributed by atoms with E-state index in [1.165, 1.54) is 22.5 Å². The van der Waals surface area contributed by atoms with Crippen LogP contribution in [0.2, 0.25) is 5.02 Å². The van der Waals surface area contributed by atoms with E-state index in [0.29, 0.717) is 19.5 Å². The lowest BCUT2D eigenvalue weighted by molar-refractivity contribution is 0.426. The van der Waals surface area contributed by atoms with Crippen molar-refractivity contribution in [3.8, 4) is 0 Å². The fourth-order valence-electron chi connectivity index (χ4n) is 2.22. The SMILES string of the molecule is CC(N)C1CCN(S(=O)(=O)c2cccc(Cl)c2F)C1.Cl. The third kappa shape index (κ3) is 3.26. The van der Waals surface area contributed by atoms with Crippen LogP contribution in [0.15, 0.2) is 23.1 Å². The van der Waals surface area contributed by atoms with Crippen LogP contribution in [0.5, 0.6) is 0 Å². The summed E-state index contributed by atoms with van der Waals surface area (Å²) in [6, 6.07) is 3.90. The van der Waals surface area contributed by atoms with E-state index in [9.17, 15) is 12.8 Å². The molecule has 1 fully saturated rings. The smallest absolute Gasteiger partial charge is 0.246 e. The number of nitrogens with zero attached hydrogens (tertiary/aromatic N) is 1. The van der Waals surface area contributed by atoms with Gasteiger partial charge < -0.3 is 5.73 Å². The monoisotopic (exact) mass is 342 g/mol. The fraction of sp³-hybridized carbons (Fsp3) is 0.500. The lowest BCUT2D eigenvalue weighted by Crippen LogP contribution is -2.33. The molecule has 1 heterocycles. The van der Waals surface area contributed by atoms with Gasteiger partial charge in [-0.2, -0.15) is 4.31 Å². The summed E-state index contributed by atoms with van der Waals surface area (Å²) in [4.78, 5) is -0.370. The number of benzene rings is 1. The van der Waals surface area contributed by atoms with Crippen LogP contribution in [0.4, 0.5) is 4.39 Å². The maximum Gasteiger partial charge on any atom is 0.246 e. The van der Waals surface area contributed by atoms with Crippen molar-refractivity contribution in [2.75, 3.05) is 13.1 Å². The van der Waals surface area contributed by atoms with Crippen LogP contribution in [-0.2, 0) is 10.0 Å². The van der Waals surface area contributed by atoms with E-state index < -0.39 is 15.8 Å². The van der Waals surface area contributed by atoms with Crippen LogP contribution in [0.1, 0.15) is 13.3 Å². The fourth-order valence-corrected chi connectivity index (χ4v) is 4.05. The Morgan fingerprint density at radius 3 is 2.70 bits per heavy atom. The van der Waals surface area contributed by atoms with Crippen molar-refractivity contribution in [3.63, 3.8) is 0 Å². The van der Waals surface area contributed by atoms with Crippen molar-refractivity contribution in [2.24, 2.45) is 11.7 Å². The van der Waals surface area contributed by atoms with Gasteiger partial charge in [0.05, 0.1) is 5.02 Å². The first kappa shape index (κ1) is 17.7. The summed E-state index contributed by atoms with van der Waals surface area (Å²) >= 11 is 5.63. The molecule has 1 aliphatic heterocycles. The molecule has 20 heavy (non-hydrogen) atoms. The Balaban J connectivity index is 0.00000200. The second-order valence-corrected chi connectivity index (χ2v) is 7.14. The van der Waals surface area contributed by atoms with Gasteiger partial charge in [0.25, 0.3) is 0 Å². The van der Waals surface area contributed by atoms with Gasteiger partial charge in [-0.05, 0) is 31.4 Å². The number of nitrogens with two attached hydrogens (primary N) is 1. The summed E-state index contributed by atoms with van der Waals surface area (Å²) in [6.07, 6.45) is 0.694. The molecule has 0 spiro atoms. The maximum atomic E-state index is 13.8. The van der Waals surface area contributed by atoms with Crippen molar-refractivity contribution >= 4 is 34.0 Å². The molecule has 0 aliphatic carbocycles. The Morgan fingerprint density at radius 1 is 1.50 bits per heavy atom. The molecule has 0 amide bonds. The van der Waals surface area contributed by atoms with Crippen LogP contribution in [0, 0.1) is 11.7 Å². The minimum absolute atomic E-state index is 0. The van der Waals surface area contributed by atoms with Crippen LogP contribution in [-0.4, -0.2) is 31.9 Å². The van der Waals surface area contributed by atoms with Crippen molar-refractivity contribution in [3.05, 3.63) is 29.0 Å². The van der Waals surface area contributed by atoms with E-state index in [0.717, 1.165) is 0 Å². The molecule has 1 aliphatic rings. The van der Waals surface area contributed by atoms with Gasteiger partial charge in [-0.1, -0.05) is 17.7 Å². The Kier molecular flexibility index (Phi) is 5.80. The zero-order chi connectivity index (χ0) is 14.2. The van der Waals surface area contributed by atoms with Crippen molar-refractivity contribution in [1.29, 1.82) is 0 Å². The molecular weight excluding hydrogens is 326 g/mol. The van der Waals surface area contributed by atoms with Gasteiger partial charge in [0.1, 0.15) is 4.90 Å². The molecule has 0 radical (unpaired) electrons. The molecule has 1 saturated heterocycles. The standard InChI is InChI=1S/C12H16ClFN2O2S.ClH/c1-8(15)9-5-6-16(7-9)19(17,18)11-4-2-3-10(13)12(11)14;/h2-4,8-9H,5-7,15H2,1H3;1H. The van der Waals surface area contributed by atoms with Crippen LogP contribution < -0.4 is 5.73 Å². The molecule has 2 rings (SSSR count). The summed E-state index contributed by atoms with van der Waals surface area (Å²) in [6.45, 7) is 2.53. The van der Waals surface area contributed by atoms with Crippen molar-refractivity contribution in [2.45, 2.75) is 24.3 Å². The summed E-state index contributed by atoms with van der Waals surface area (Å²) < 4.78 is 39.8. The topological polar surface area (TPSA) is 63.4 Å². The predicted octanol–water partition coefficient (Wildman–Crippen LogP) is 2.26. The molecule has 0 aromatic heterocycles. The Bertz CT molecular complexity index is 581. The highest BCUT2D eigenvalue weighted by Crippen LogP contribution is 2.29. The van der Waals surface area contributed by atoms with Crippen LogP contribution in [0.25, 0.3) is 0 Å². The maximum absolute atomic E-state index is 13.8. The van der Waals surface area contributed by atoms with Crippen LogP contribution >= 0.6 is 24.0 Å². The van der Waals surface area contributed by atoms with E-state index in [4.69, 9.17) is 17.3 Å². The average Bonchev–Trinajstić information content (AvgIpc) is 2.82. The van der Waals surface area contributed by atoms with Gasteiger partial charge in [-0.15, -0.1) is 12.4 Å². The van der Waals surface area contributed by atoms with Gasteiger partial charge in [0.15, 0.2) is 5.82 Å². The number of halogens is 3. The number of sulfonamides is 1. The van der Waals surface area contributed by atoms with Crippen molar-refractivity contribution in [1.82, 2.24) is 4.31 Å². The summed E-state index contributed by atoms with van der Waals surface area (Å²) in [7, 11) is -3.84. The normalized spacial score (nSPS) is 21.5. The van der Waals surface area contributed by atoms with Crippen molar-refractivity contribution < 1.29 is 12.8 Å². The first-order chi connectivity index (χ1) is 8.84. The van der Waals surface area contributed by atoms with Gasteiger partial charge in [-0.25, -0.2) is 12.8 Å². The molecule has 4 nitrogen and oxygen atoms in total. The molecule has 2 N–H and O–H groups in total. The second-order valence-electron chi connectivity index (χ2n) is 4.82. The van der Waals surface area contributed by atoms with E-state index >= 15 is 0 Å². The number of rotatable bonds is 3. The minimum atomic E-state index is -3.84. The Hall–Kier alpha value is -0.400.